The van der Waals surface area contributed by atoms with Gasteiger partial charge in [0.1, 0.15) is 54.3 Å². The predicted octanol–water partition coefficient (Wildman–Crippen LogP) is 8.84. The first-order valence-corrected chi connectivity index (χ1v) is 23.4. The average molecular weight is 969 g/mol. The van der Waals surface area contributed by atoms with Gasteiger partial charge in [-0.05, 0) is 63.4 Å². The molecule has 1 unspecified atom stereocenters. The normalized spacial score (nSPS) is 31.2. The van der Waals surface area contributed by atoms with Crippen LogP contribution in [0.25, 0.3) is 0 Å². The van der Waals surface area contributed by atoms with Crippen LogP contribution in [0.2, 0.25) is 0 Å². The molecule has 0 bridgehead atoms. The van der Waals surface area contributed by atoms with Crippen LogP contribution >= 0.6 is 34.4 Å². The number of fused-ring (bicyclic) bond motifs is 3. The van der Waals surface area contributed by atoms with Crippen molar-refractivity contribution in [2.45, 2.75) is 137 Å². The molecule has 4 aromatic rings. The molecule has 0 radical (unpaired) electrons. The van der Waals surface area contributed by atoms with Crippen LogP contribution in [0.15, 0.2) is 126 Å². The molecule has 11 nitrogen and oxygen atoms in total. The first kappa shape index (κ1) is 45.1. The Kier molecular flexibility index (Phi) is 14.9. The lowest BCUT2D eigenvalue weighted by Gasteiger charge is -2.48. The van der Waals surface area contributed by atoms with E-state index in [1.54, 1.807) is 11.8 Å². The molecule has 4 heterocycles. The highest BCUT2D eigenvalue weighted by atomic mass is 127. The van der Waals surface area contributed by atoms with E-state index in [9.17, 15) is 0 Å². The summed E-state index contributed by atoms with van der Waals surface area (Å²) in [6, 6.07) is 40.6. The van der Waals surface area contributed by atoms with E-state index in [2.05, 4.69) is 71.1 Å². The number of benzene rings is 4. The van der Waals surface area contributed by atoms with Crippen molar-refractivity contribution in [3.05, 3.63) is 138 Å². The monoisotopic (exact) mass is 968 g/mol. The number of hydrogen-bond donors (Lipinski definition) is 0. The van der Waals surface area contributed by atoms with E-state index in [1.165, 1.54) is 0 Å². The fourth-order valence-corrected chi connectivity index (χ4v) is 9.66. The Morgan fingerprint density at radius 1 is 0.574 bits per heavy atom. The summed E-state index contributed by atoms with van der Waals surface area (Å²) < 4.78 is 73.9. The molecule has 0 N–H and O–H groups in total. The van der Waals surface area contributed by atoms with Crippen molar-refractivity contribution in [2.24, 2.45) is 0 Å². The van der Waals surface area contributed by atoms with E-state index < -0.39 is 77.9 Å². The van der Waals surface area contributed by atoms with Crippen molar-refractivity contribution in [3.8, 4) is 0 Å². The van der Waals surface area contributed by atoms with Crippen LogP contribution in [0.5, 0.6) is 0 Å². The van der Waals surface area contributed by atoms with Crippen LogP contribution in [0.1, 0.15) is 51.3 Å². The summed E-state index contributed by atoms with van der Waals surface area (Å²) in [4.78, 5) is 1.02. The van der Waals surface area contributed by atoms with Gasteiger partial charge < -0.3 is 52.1 Å². The molecule has 0 spiro atoms. The lowest BCUT2D eigenvalue weighted by molar-refractivity contribution is -0.320. The highest BCUT2D eigenvalue weighted by Gasteiger charge is 2.61. The third-order valence-electron chi connectivity index (χ3n) is 11.0. The molecule has 4 aromatic carbocycles. The fourth-order valence-electron chi connectivity index (χ4n) is 8.14. The Morgan fingerprint density at radius 3 is 1.70 bits per heavy atom. The molecule has 4 aliphatic rings. The summed E-state index contributed by atoms with van der Waals surface area (Å²) in [5.74, 6) is -2.82. The summed E-state index contributed by atoms with van der Waals surface area (Å²) in [6.07, 6.45) is -4.90. The zero-order chi connectivity index (χ0) is 42.5. The number of hydrogen-bond acceptors (Lipinski definition) is 12. The maximum Gasteiger partial charge on any atom is 0.190 e. The van der Waals surface area contributed by atoms with Gasteiger partial charge in [0.2, 0.25) is 0 Å². The minimum Gasteiger partial charge on any atom is -0.374 e. The van der Waals surface area contributed by atoms with E-state index in [4.69, 9.17) is 52.1 Å². The van der Waals surface area contributed by atoms with Crippen molar-refractivity contribution in [1.82, 2.24) is 0 Å². The van der Waals surface area contributed by atoms with Crippen LogP contribution in [-0.4, -0.2) is 95.6 Å². The van der Waals surface area contributed by atoms with Crippen LogP contribution in [0.3, 0.4) is 0 Å². The second-order valence-electron chi connectivity index (χ2n) is 16.9. The zero-order valence-electron chi connectivity index (χ0n) is 35.3. The second-order valence-corrected chi connectivity index (χ2v) is 18.8. The first-order chi connectivity index (χ1) is 29.5. The summed E-state index contributed by atoms with van der Waals surface area (Å²) in [5.41, 5.74) is 2.57. The third-order valence-corrected chi connectivity index (χ3v) is 13.5. The molecular weight excluding hydrogens is 911 g/mol. The predicted molar refractivity (Wildman–Crippen MR) is 238 cm³/mol. The third kappa shape index (κ3) is 11.6. The summed E-state index contributed by atoms with van der Waals surface area (Å²) >= 11 is 3.90. The van der Waals surface area contributed by atoms with E-state index in [1.807, 2.05) is 107 Å². The van der Waals surface area contributed by atoms with Gasteiger partial charge in [0, 0.05) is 4.90 Å². The van der Waals surface area contributed by atoms with Gasteiger partial charge in [-0.25, -0.2) is 0 Å². The topological polar surface area (TPSA) is 102 Å². The van der Waals surface area contributed by atoms with Crippen LogP contribution in [0, 0.1) is 0 Å². The molecule has 4 saturated heterocycles. The Hall–Kier alpha value is -2.48. The van der Waals surface area contributed by atoms with Crippen molar-refractivity contribution < 1.29 is 52.1 Å². The maximum atomic E-state index is 7.28. The van der Waals surface area contributed by atoms with Gasteiger partial charge in [0.05, 0.1) is 37.5 Å². The average Bonchev–Trinajstić information content (AvgIpc) is 3.77. The lowest BCUT2D eigenvalue weighted by Crippen LogP contribution is -2.62. The standard InChI is InChI=1S/C48H57IO11S/c1-46(2)56-39-37(54-44-42(41(39)57-46)58-47(3,4)60-44)30-53-48(5,31-49)59-43-40(52-28-34-22-14-8-15-23-34)38(51-27-33-20-12-7-13-21-33)36(29-50-26-32-18-10-6-11-19-32)55-45(43)61-35-24-16-9-17-25-35/h6-25,36-45H,26-31H2,1-5H3/t36-,37-,38-,39+,40+,41+,42-,43+,44-,45-,48?/m1/s1. The van der Waals surface area contributed by atoms with Gasteiger partial charge in [-0.15, -0.1) is 0 Å². The number of ether oxygens (including phenoxy) is 11. The molecule has 4 aliphatic heterocycles. The molecule has 0 aromatic heterocycles. The summed E-state index contributed by atoms with van der Waals surface area (Å²) in [6.45, 7) is 11.0. The Morgan fingerprint density at radius 2 is 1.10 bits per heavy atom. The number of alkyl halides is 1. The Balaban J connectivity index is 1.09. The fraction of sp³-hybridized carbons (Fsp3) is 0.500. The number of thioether (sulfide) groups is 1. The van der Waals surface area contributed by atoms with E-state index in [0.717, 1.165) is 21.6 Å². The van der Waals surface area contributed by atoms with E-state index >= 15 is 0 Å². The van der Waals surface area contributed by atoms with Gasteiger partial charge in [-0.2, -0.15) is 0 Å². The SMILES string of the molecule is CC1(C)O[C@H]2[C@@H](O1)[C@@H](COC(C)(CI)O[C@H]1[C@@H](OCc3ccccc3)[C@H](OCc3ccccc3)[C@@H](COCc3ccccc3)O[C@@H]1Sc1ccccc1)O[C@@H]1OC(C)(C)O[C@@H]12. The molecule has 0 amide bonds. The highest BCUT2D eigenvalue weighted by molar-refractivity contribution is 14.1. The van der Waals surface area contributed by atoms with Gasteiger partial charge in [0.15, 0.2) is 23.7 Å². The van der Waals surface area contributed by atoms with Gasteiger partial charge in [-0.3, -0.25) is 0 Å². The van der Waals surface area contributed by atoms with Gasteiger partial charge in [0.25, 0.3) is 0 Å². The van der Waals surface area contributed by atoms with Crippen molar-refractivity contribution in [2.75, 3.05) is 17.6 Å². The molecule has 328 valence electrons. The highest BCUT2D eigenvalue weighted by Crippen LogP contribution is 2.45. The van der Waals surface area contributed by atoms with Crippen LogP contribution in [0.4, 0.5) is 0 Å². The van der Waals surface area contributed by atoms with Crippen LogP contribution < -0.4 is 0 Å². The number of halogens is 1. The molecular formula is C48H57IO11S. The molecule has 0 aliphatic carbocycles. The van der Waals surface area contributed by atoms with Crippen molar-refractivity contribution in [3.63, 3.8) is 0 Å². The molecule has 13 heteroatoms. The summed E-state index contributed by atoms with van der Waals surface area (Å²) in [5, 5.41) is 0. The van der Waals surface area contributed by atoms with Gasteiger partial charge >= 0.3 is 0 Å². The minimum absolute atomic E-state index is 0.136. The Bertz CT molecular complexity index is 1950. The largest absolute Gasteiger partial charge is 0.374 e. The van der Waals surface area contributed by atoms with Crippen molar-refractivity contribution in [1.29, 1.82) is 0 Å². The van der Waals surface area contributed by atoms with Gasteiger partial charge in [-0.1, -0.05) is 144 Å². The number of rotatable bonds is 18. The maximum absolute atomic E-state index is 7.28. The second kappa shape index (κ2) is 20.1. The molecule has 4 fully saturated rings. The molecule has 8 rings (SSSR count). The van der Waals surface area contributed by atoms with Crippen molar-refractivity contribution >= 4 is 34.4 Å². The smallest absolute Gasteiger partial charge is 0.190 e. The lowest BCUT2D eigenvalue weighted by atomic mass is 9.98. The quantitative estimate of drug-likeness (QED) is 0.0541. The van der Waals surface area contributed by atoms with E-state index in [0.29, 0.717) is 24.2 Å². The first-order valence-electron chi connectivity index (χ1n) is 21.0. The molecule has 0 saturated carbocycles. The molecule has 61 heavy (non-hydrogen) atoms. The minimum atomic E-state index is -1.14. The Labute approximate surface area is 377 Å². The molecule has 11 atom stereocenters. The zero-order valence-corrected chi connectivity index (χ0v) is 38.3. The van der Waals surface area contributed by atoms with Crippen LogP contribution in [-0.2, 0) is 71.9 Å². The van der Waals surface area contributed by atoms with E-state index in [-0.39, 0.29) is 13.2 Å². The summed E-state index contributed by atoms with van der Waals surface area (Å²) in [7, 11) is 0.